The zero-order valence-electron chi connectivity index (χ0n) is 15.4. The second kappa shape index (κ2) is 6.34. The SMILES string of the molecule is Cn1c2ccccc2c2cc(-c3ccc4[n-]c5ccccc5c4c3)ccc21.[Re]. The summed E-state index contributed by atoms with van der Waals surface area (Å²) in [6.07, 6.45) is 0. The van der Waals surface area contributed by atoms with Crippen LogP contribution in [0.15, 0.2) is 84.9 Å². The Balaban J connectivity index is 0.00000171. The van der Waals surface area contributed by atoms with Crippen molar-refractivity contribution in [1.82, 2.24) is 9.55 Å². The van der Waals surface area contributed by atoms with Gasteiger partial charge in [0.1, 0.15) is 0 Å². The van der Waals surface area contributed by atoms with Gasteiger partial charge in [-0.15, -0.1) is 11.0 Å². The summed E-state index contributed by atoms with van der Waals surface area (Å²) in [7, 11) is 2.14. The van der Waals surface area contributed by atoms with Crippen molar-refractivity contribution in [2.45, 2.75) is 0 Å². The van der Waals surface area contributed by atoms with Crippen molar-refractivity contribution in [3.8, 4) is 11.1 Å². The molecular weight excluding hydrogens is 514 g/mol. The van der Waals surface area contributed by atoms with Crippen LogP contribution in [0.2, 0.25) is 0 Å². The maximum absolute atomic E-state index is 4.74. The van der Waals surface area contributed by atoms with Crippen molar-refractivity contribution in [2.75, 3.05) is 0 Å². The maximum atomic E-state index is 4.74. The Morgan fingerprint density at radius 2 is 1.18 bits per heavy atom. The summed E-state index contributed by atoms with van der Waals surface area (Å²) in [5.74, 6) is 0. The van der Waals surface area contributed by atoms with Gasteiger partial charge < -0.3 is 9.55 Å². The number of hydrogen-bond acceptors (Lipinski definition) is 0. The van der Waals surface area contributed by atoms with E-state index in [0.717, 1.165) is 11.0 Å². The van der Waals surface area contributed by atoms with Crippen LogP contribution in [0, 0.1) is 0 Å². The molecule has 6 rings (SSSR count). The van der Waals surface area contributed by atoms with Gasteiger partial charge in [0, 0.05) is 49.3 Å². The monoisotopic (exact) mass is 532 g/mol. The Bertz CT molecular complexity index is 1490. The van der Waals surface area contributed by atoms with Crippen molar-refractivity contribution >= 4 is 43.6 Å². The summed E-state index contributed by atoms with van der Waals surface area (Å²) in [5, 5.41) is 5.05. The second-order valence-electron chi connectivity index (χ2n) is 7.17. The van der Waals surface area contributed by atoms with Gasteiger partial charge in [-0.05, 0) is 46.2 Å². The third-order valence-corrected chi connectivity index (χ3v) is 5.68. The first kappa shape index (κ1) is 17.3. The second-order valence-corrected chi connectivity index (χ2v) is 7.17. The number of aryl methyl sites for hydroxylation is 1. The van der Waals surface area contributed by atoms with E-state index in [1.807, 2.05) is 6.07 Å². The predicted octanol–water partition coefficient (Wildman–Crippen LogP) is 6.26. The van der Waals surface area contributed by atoms with E-state index in [9.17, 15) is 0 Å². The van der Waals surface area contributed by atoms with Crippen LogP contribution in [0.25, 0.3) is 54.7 Å². The molecule has 0 aliphatic carbocycles. The topological polar surface area (TPSA) is 19.0 Å². The minimum absolute atomic E-state index is 0. The fourth-order valence-corrected chi connectivity index (χ4v) is 4.30. The van der Waals surface area contributed by atoms with Gasteiger partial charge in [0.05, 0.1) is 0 Å². The largest absolute Gasteiger partial charge is 0.657 e. The number of para-hydroxylation sites is 2. The van der Waals surface area contributed by atoms with Gasteiger partial charge in [-0.2, -0.15) is 0 Å². The van der Waals surface area contributed by atoms with Gasteiger partial charge in [-0.25, -0.2) is 0 Å². The molecule has 0 amide bonds. The summed E-state index contributed by atoms with van der Waals surface area (Å²) in [6.45, 7) is 0. The quantitative estimate of drug-likeness (QED) is 0.245. The normalized spacial score (nSPS) is 11.5. The van der Waals surface area contributed by atoms with Crippen molar-refractivity contribution in [3.05, 3.63) is 84.9 Å². The Morgan fingerprint density at radius 1 is 0.571 bits per heavy atom. The molecule has 2 heterocycles. The van der Waals surface area contributed by atoms with Crippen molar-refractivity contribution in [3.63, 3.8) is 0 Å². The molecule has 0 saturated heterocycles. The smallest absolute Gasteiger partial charge is 0.0489 e. The molecule has 1 radical (unpaired) electrons. The van der Waals surface area contributed by atoms with E-state index < -0.39 is 0 Å². The van der Waals surface area contributed by atoms with E-state index in [1.54, 1.807) is 0 Å². The van der Waals surface area contributed by atoms with E-state index in [-0.39, 0.29) is 20.4 Å². The molecule has 6 aromatic rings. The van der Waals surface area contributed by atoms with Crippen LogP contribution >= 0.6 is 0 Å². The molecule has 135 valence electrons. The summed E-state index contributed by atoms with van der Waals surface area (Å²) in [6, 6.07) is 30.3. The summed E-state index contributed by atoms with van der Waals surface area (Å²) in [4.78, 5) is 4.74. The molecule has 0 N–H and O–H groups in total. The maximum Gasteiger partial charge on any atom is 0.0489 e. The number of aromatic nitrogens is 2. The molecule has 0 aliphatic heterocycles. The van der Waals surface area contributed by atoms with Crippen LogP contribution in [0.5, 0.6) is 0 Å². The number of nitrogens with zero attached hydrogens (tertiary/aromatic N) is 2. The molecule has 2 nitrogen and oxygen atoms in total. The van der Waals surface area contributed by atoms with Crippen molar-refractivity contribution in [2.24, 2.45) is 7.05 Å². The molecule has 0 saturated carbocycles. The molecule has 2 aromatic heterocycles. The molecule has 4 aromatic carbocycles. The van der Waals surface area contributed by atoms with E-state index in [2.05, 4.69) is 90.5 Å². The number of benzene rings is 4. The van der Waals surface area contributed by atoms with Crippen LogP contribution in [0.3, 0.4) is 0 Å². The Labute approximate surface area is 176 Å². The first-order chi connectivity index (χ1) is 13.3. The van der Waals surface area contributed by atoms with Crippen LogP contribution < -0.4 is 4.98 Å². The number of fused-ring (bicyclic) bond motifs is 6. The fourth-order valence-electron chi connectivity index (χ4n) is 4.30. The Hall–Kier alpha value is -2.86. The van der Waals surface area contributed by atoms with Crippen molar-refractivity contribution < 1.29 is 20.4 Å². The van der Waals surface area contributed by atoms with Crippen LogP contribution in [-0.4, -0.2) is 4.57 Å². The van der Waals surface area contributed by atoms with Crippen molar-refractivity contribution in [1.29, 1.82) is 0 Å². The van der Waals surface area contributed by atoms with Gasteiger partial charge in [-0.1, -0.05) is 60.7 Å². The molecule has 0 unspecified atom stereocenters. The van der Waals surface area contributed by atoms with Gasteiger partial charge in [0.25, 0.3) is 0 Å². The molecule has 0 bridgehead atoms. The minimum Gasteiger partial charge on any atom is -0.657 e. The Kier molecular flexibility index (Phi) is 3.91. The summed E-state index contributed by atoms with van der Waals surface area (Å²) in [5.41, 5.74) is 7.13. The zero-order chi connectivity index (χ0) is 18.0. The summed E-state index contributed by atoms with van der Waals surface area (Å²) < 4.78 is 2.27. The minimum atomic E-state index is 0. The van der Waals surface area contributed by atoms with Gasteiger partial charge in [0.2, 0.25) is 0 Å². The van der Waals surface area contributed by atoms with Crippen LogP contribution in [-0.2, 0) is 27.5 Å². The molecule has 3 heteroatoms. The average Bonchev–Trinajstić information content (AvgIpc) is 3.23. The molecule has 0 atom stereocenters. The Morgan fingerprint density at radius 3 is 2.04 bits per heavy atom. The molecule has 0 spiro atoms. The zero-order valence-corrected chi connectivity index (χ0v) is 18.1. The molecule has 0 aliphatic rings. The van der Waals surface area contributed by atoms with Gasteiger partial charge in [-0.3, -0.25) is 0 Å². The molecule has 28 heavy (non-hydrogen) atoms. The van der Waals surface area contributed by atoms with Gasteiger partial charge in [0.15, 0.2) is 0 Å². The van der Waals surface area contributed by atoms with E-state index >= 15 is 0 Å². The van der Waals surface area contributed by atoms with E-state index in [1.165, 1.54) is 43.7 Å². The summed E-state index contributed by atoms with van der Waals surface area (Å²) >= 11 is 0. The fraction of sp³-hybridized carbons (Fsp3) is 0.0400. The number of rotatable bonds is 1. The first-order valence-corrected chi connectivity index (χ1v) is 9.22. The first-order valence-electron chi connectivity index (χ1n) is 9.22. The number of hydrogen-bond donors (Lipinski definition) is 0. The average molecular weight is 532 g/mol. The van der Waals surface area contributed by atoms with E-state index in [0.29, 0.717) is 0 Å². The van der Waals surface area contributed by atoms with Crippen LogP contribution in [0.1, 0.15) is 0 Å². The van der Waals surface area contributed by atoms with Gasteiger partial charge >= 0.3 is 0 Å². The third-order valence-electron chi connectivity index (χ3n) is 5.68. The van der Waals surface area contributed by atoms with E-state index in [4.69, 9.17) is 4.98 Å². The standard InChI is InChI=1S/C25H17N2.Re/c1-27-24-9-5-3-7-19(24)21-15-17(11-13-25(21)27)16-10-12-23-20(14-16)18-6-2-4-8-22(18)26-23;/h2-15H,1H3;/q-1;. The molecule has 0 fully saturated rings. The van der Waals surface area contributed by atoms with Crippen LogP contribution in [0.4, 0.5) is 0 Å². The predicted molar refractivity (Wildman–Crippen MR) is 114 cm³/mol. The molecular formula is C25H17N2Re-. The third kappa shape index (κ3) is 2.37.